The van der Waals surface area contributed by atoms with Gasteiger partial charge in [-0.05, 0) is 18.6 Å². The Labute approximate surface area is 84.8 Å². The van der Waals surface area contributed by atoms with E-state index in [1.165, 1.54) is 12.1 Å². The summed E-state index contributed by atoms with van der Waals surface area (Å²) >= 11 is 0. The molecular weight excluding hydrogens is 200 g/mol. The van der Waals surface area contributed by atoms with Gasteiger partial charge < -0.3 is 5.73 Å². The molecule has 1 amide bonds. The van der Waals surface area contributed by atoms with Crippen LogP contribution in [0.25, 0.3) is 0 Å². The lowest BCUT2D eigenvalue weighted by Gasteiger charge is -2.03. The molecule has 1 rings (SSSR count). The summed E-state index contributed by atoms with van der Waals surface area (Å²) < 4.78 is 0. The average Bonchev–Trinajstić information content (AvgIpc) is 2.15. The summed E-state index contributed by atoms with van der Waals surface area (Å²) in [7, 11) is 0. The van der Waals surface area contributed by atoms with Crippen LogP contribution in [0.15, 0.2) is 12.1 Å². The molecule has 0 aliphatic rings. The molecule has 0 aromatic heterocycles. The summed E-state index contributed by atoms with van der Waals surface area (Å²) in [4.78, 5) is 31.5. The van der Waals surface area contributed by atoms with Gasteiger partial charge in [-0.2, -0.15) is 0 Å². The fourth-order valence-corrected chi connectivity index (χ4v) is 1.30. The molecule has 0 unspecified atom stereocenters. The van der Waals surface area contributed by atoms with Crippen molar-refractivity contribution in [3.63, 3.8) is 0 Å². The van der Waals surface area contributed by atoms with Gasteiger partial charge in [0.2, 0.25) is 0 Å². The van der Waals surface area contributed by atoms with Crippen LogP contribution in [0.4, 0.5) is 5.69 Å². The summed E-state index contributed by atoms with van der Waals surface area (Å²) in [6.45, 7) is 1.59. The molecule has 6 heteroatoms. The first kappa shape index (κ1) is 10.8. The zero-order chi connectivity index (χ0) is 11.6. The van der Waals surface area contributed by atoms with E-state index in [0.29, 0.717) is 11.8 Å². The topological polar surface area (TPSA) is 103 Å². The first-order valence-electron chi connectivity index (χ1n) is 4.01. The molecule has 0 saturated carbocycles. The molecule has 1 aromatic carbocycles. The molecule has 15 heavy (non-hydrogen) atoms. The van der Waals surface area contributed by atoms with E-state index >= 15 is 0 Å². The number of aldehydes is 1. The average molecular weight is 208 g/mol. The minimum absolute atomic E-state index is 0.0609. The largest absolute Gasteiger partial charge is 0.365 e. The second kappa shape index (κ2) is 3.87. The number of nitro groups is 1. The Morgan fingerprint density at radius 1 is 1.53 bits per heavy atom. The van der Waals surface area contributed by atoms with Crippen LogP contribution in [-0.2, 0) is 0 Å². The number of hydrogen-bond acceptors (Lipinski definition) is 4. The number of benzene rings is 1. The van der Waals surface area contributed by atoms with Crippen molar-refractivity contribution in [2.45, 2.75) is 6.92 Å². The van der Waals surface area contributed by atoms with E-state index in [1.807, 2.05) is 0 Å². The first-order valence-corrected chi connectivity index (χ1v) is 4.01. The summed E-state index contributed by atoms with van der Waals surface area (Å²) in [6, 6.07) is 2.58. The highest BCUT2D eigenvalue weighted by atomic mass is 16.6. The normalized spacial score (nSPS) is 9.67. The third kappa shape index (κ3) is 1.98. The first-order chi connectivity index (χ1) is 6.97. The molecule has 6 nitrogen and oxygen atoms in total. The van der Waals surface area contributed by atoms with Gasteiger partial charge in [0.1, 0.15) is 5.56 Å². The third-order valence-electron chi connectivity index (χ3n) is 1.86. The van der Waals surface area contributed by atoms with Gasteiger partial charge in [-0.25, -0.2) is 0 Å². The summed E-state index contributed by atoms with van der Waals surface area (Å²) in [5, 5.41) is 10.6. The van der Waals surface area contributed by atoms with Crippen LogP contribution in [0.2, 0.25) is 0 Å². The molecule has 0 saturated heterocycles. The monoisotopic (exact) mass is 208 g/mol. The van der Waals surface area contributed by atoms with Gasteiger partial charge in [0.05, 0.1) is 4.92 Å². The van der Waals surface area contributed by atoms with Gasteiger partial charge in [0.15, 0.2) is 6.29 Å². The highest BCUT2D eigenvalue weighted by Gasteiger charge is 2.22. The van der Waals surface area contributed by atoms with Crippen LogP contribution in [0.1, 0.15) is 26.3 Å². The molecule has 0 aliphatic heterocycles. The quantitative estimate of drug-likeness (QED) is 0.451. The molecule has 0 fully saturated rings. The number of carbonyl (C=O) groups is 2. The van der Waals surface area contributed by atoms with E-state index in [0.717, 1.165) is 0 Å². The maximum atomic E-state index is 11.0. The fourth-order valence-electron chi connectivity index (χ4n) is 1.30. The van der Waals surface area contributed by atoms with Gasteiger partial charge >= 0.3 is 0 Å². The maximum Gasteiger partial charge on any atom is 0.283 e. The summed E-state index contributed by atoms with van der Waals surface area (Å²) in [5.41, 5.74) is 4.65. The summed E-state index contributed by atoms with van der Waals surface area (Å²) in [6.07, 6.45) is 0.375. The van der Waals surface area contributed by atoms with Gasteiger partial charge in [0.25, 0.3) is 11.6 Å². The van der Waals surface area contributed by atoms with Gasteiger partial charge in [-0.15, -0.1) is 0 Å². The highest BCUT2D eigenvalue weighted by molar-refractivity contribution is 6.04. The number of hydrogen-bond donors (Lipinski definition) is 1. The SMILES string of the molecule is Cc1cc(C=O)c(C(N)=O)c([N+](=O)[O-])c1. The van der Waals surface area contributed by atoms with E-state index in [-0.39, 0.29) is 11.1 Å². The number of primary amides is 1. The number of carbonyl (C=O) groups excluding carboxylic acids is 2. The molecule has 78 valence electrons. The Hall–Kier alpha value is -2.24. The van der Waals surface area contributed by atoms with E-state index in [2.05, 4.69) is 0 Å². The second-order valence-electron chi connectivity index (χ2n) is 2.99. The third-order valence-corrected chi connectivity index (χ3v) is 1.86. The van der Waals surface area contributed by atoms with Crippen LogP contribution in [0.5, 0.6) is 0 Å². The number of nitrogens with zero attached hydrogens (tertiary/aromatic N) is 1. The lowest BCUT2D eigenvalue weighted by Crippen LogP contribution is -2.16. The molecule has 2 N–H and O–H groups in total. The Kier molecular flexibility index (Phi) is 2.80. The Balaban J connectivity index is 3.61. The van der Waals surface area contributed by atoms with Crippen LogP contribution in [0.3, 0.4) is 0 Å². The van der Waals surface area contributed by atoms with Crippen molar-refractivity contribution >= 4 is 17.9 Å². The smallest absolute Gasteiger partial charge is 0.283 e. The molecular formula is C9H8N2O4. The number of nitro benzene ring substituents is 1. The summed E-state index contributed by atoms with van der Waals surface area (Å²) in [5.74, 6) is -0.983. The van der Waals surface area contributed by atoms with Crippen molar-refractivity contribution in [3.8, 4) is 0 Å². The van der Waals surface area contributed by atoms with E-state index in [9.17, 15) is 19.7 Å². The van der Waals surface area contributed by atoms with E-state index in [1.54, 1.807) is 6.92 Å². The zero-order valence-electron chi connectivity index (χ0n) is 7.89. The minimum atomic E-state index is -0.983. The van der Waals surface area contributed by atoms with Gasteiger partial charge in [-0.3, -0.25) is 19.7 Å². The predicted molar refractivity (Wildman–Crippen MR) is 51.7 cm³/mol. The van der Waals surface area contributed by atoms with Crippen LogP contribution in [0, 0.1) is 17.0 Å². The van der Waals surface area contributed by atoms with E-state index in [4.69, 9.17) is 5.73 Å². The zero-order valence-corrected chi connectivity index (χ0v) is 7.89. The van der Waals surface area contributed by atoms with Gasteiger partial charge in [0, 0.05) is 11.6 Å². The standard InChI is InChI=1S/C9H8N2O4/c1-5-2-6(4-12)8(9(10)13)7(3-5)11(14)15/h2-4H,1H3,(H2,10,13). The van der Waals surface area contributed by atoms with Crippen molar-refractivity contribution in [1.29, 1.82) is 0 Å². The molecule has 0 heterocycles. The highest BCUT2D eigenvalue weighted by Crippen LogP contribution is 2.23. The predicted octanol–water partition coefficient (Wildman–Crippen LogP) is 0.815. The van der Waals surface area contributed by atoms with Crippen molar-refractivity contribution in [3.05, 3.63) is 38.9 Å². The van der Waals surface area contributed by atoms with Crippen molar-refractivity contribution in [2.24, 2.45) is 5.73 Å². The number of amides is 1. The molecule has 0 aliphatic carbocycles. The minimum Gasteiger partial charge on any atom is -0.365 e. The molecule has 0 atom stereocenters. The lowest BCUT2D eigenvalue weighted by molar-refractivity contribution is -0.385. The molecule has 0 bridgehead atoms. The molecule has 1 aromatic rings. The Morgan fingerprint density at radius 3 is 2.53 bits per heavy atom. The maximum absolute atomic E-state index is 11.0. The Bertz CT molecular complexity index is 454. The van der Waals surface area contributed by atoms with Crippen molar-refractivity contribution in [2.75, 3.05) is 0 Å². The Morgan fingerprint density at radius 2 is 2.13 bits per heavy atom. The van der Waals surface area contributed by atoms with Crippen LogP contribution in [-0.4, -0.2) is 17.1 Å². The lowest BCUT2D eigenvalue weighted by atomic mass is 10.0. The van der Waals surface area contributed by atoms with E-state index < -0.39 is 16.5 Å². The number of nitrogens with two attached hydrogens (primary N) is 1. The van der Waals surface area contributed by atoms with Crippen LogP contribution >= 0.6 is 0 Å². The van der Waals surface area contributed by atoms with Crippen LogP contribution < -0.4 is 5.73 Å². The fraction of sp³-hybridized carbons (Fsp3) is 0.111. The number of rotatable bonds is 3. The van der Waals surface area contributed by atoms with Crippen molar-refractivity contribution < 1.29 is 14.5 Å². The second-order valence-corrected chi connectivity index (χ2v) is 2.99. The molecule has 0 radical (unpaired) electrons. The van der Waals surface area contributed by atoms with Gasteiger partial charge in [-0.1, -0.05) is 0 Å². The molecule has 0 spiro atoms. The number of aryl methyl sites for hydroxylation is 1. The van der Waals surface area contributed by atoms with Crippen molar-refractivity contribution in [1.82, 2.24) is 0 Å².